The normalized spacial score (nSPS) is 42.3. The van der Waals surface area contributed by atoms with Gasteiger partial charge in [0.1, 0.15) is 54.3 Å². The van der Waals surface area contributed by atoms with E-state index < -0.39 is 73.8 Å². The molecule has 2 heterocycles. The van der Waals surface area contributed by atoms with Gasteiger partial charge in [-0.05, 0) is 19.1 Å². The predicted molar refractivity (Wildman–Crippen MR) is 103 cm³/mol. The van der Waals surface area contributed by atoms with Crippen molar-refractivity contribution in [2.75, 3.05) is 13.2 Å². The van der Waals surface area contributed by atoms with E-state index in [4.69, 9.17) is 14.2 Å². The van der Waals surface area contributed by atoms with Crippen molar-refractivity contribution in [2.24, 2.45) is 0 Å². The van der Waals surface area contributed by atoms with Crippen LogP contribution < -0.4 is 0 Å². The van der Waals surface area contributed by atoms with Crippen LogP contribution in [0.2, 0.25) is 0 Å². The summed E-state index contributed by atoms with van der Waals surface area (Å²) in [6.07, 6.45) is -12.9. The van der Waals surface area contributed by atoms with Crippen LogP contribution in [0.5, 0.6) is 0 Å². The number of aliphatic hydroxyl groups excluding tert-OH is 7. The first-order valence-electron chi connectivity index (χ1n) is 9.58. The molecule has 10 atom stereocenters. The van der Waals surface area contributed by atoms with Crippen LogP contribution in [0.25, 0.3) is 0 Å². The molecule has 11 heteroatoms. The van der Waals surface area contributed by atoms with E-state index in [1.54, 1.807) is 0 Å². The van der Waals surface area contributed by atoms with E-state index in [0.717, 1.165) is 10.5 Å². The van der Waals surface area contributed by atoms with Gasteiger partial charge in [0.25, 0.3) is 0 Å². The minimum atomic E-state index is -1.69. The number of ether oxygens (including phenoxy) is 3. The van der Waals surface area contributed by atoms with Crippen molar-refractivity contribution in [3.05, 3.63) is 29.8 Å². The van der Waals surface area contributed by atoms with Gasteiger partial charge in [0.05, 0.1) is 13.2 Å². The molecule has 0 bridgehead atoms. The summed E-state index contributed by atoms with van der Waals surface area (Å²) in [5.41, 5.74) is 0.167. The lowest BCUT2D eigenvalue weighted by molar-refractivity contribution is -0.338. The predicted octanol–water partition coefficient (Wildman–Crippen LogP) is -2.29. The molecule has 30 heavy (non-hydrogen) atoms. The van der Waals surface area contributed by atoms with Gasteiger partial charge in [0, 0.05) is 4.90 Å². The summed E-state index contributed by atoms with van der Waals surface area (Å²) in [5, 5.41) is 70.1. The Morgan fingerprint density at radius 1 is 0.800 bits per heavy atom. The zero-order chi connectivity index (χ0) is 22.0. The lowest BCUT2D eigenvalue weighted by atomic mass is 9.97. The smallest absolute Gasteiger partial charge is 0.187 e. The average molecular weight is 448 g/mol. The Kier molecular flexibility index (Phi) is 8.09. The highest BCUT2D eigenvalue weighted by Crippen LogP contribution is 2.35. The minimum Gasteiger partial charge on any atom is -0.394 e. The standard InChI is InChI=1S/C19H28O10S/c1-8-2-4-9(5-3-8)30-19-16(26)14(24)17(11(7-21)28-19)29-18-15(25)13(23)12(22)10(6-20)27-18/h2-5,10-26H,6-7H2,1H3/t10-,11-,12-,13+,14-,15-,16-,17-,18-,19+/m1/s1. The van der Waals surface area contributed by atoms with Crippen LogP contribution in [0.4, 0.5) is 0 Å². The maximum atomic E-state index is 10.6. The highest BCUT2D eigenvalue weighted by molar-refractivity contribution is 7.99. The molecular weight excluding hydrogens is 420 g/mol. The molecular formula is C19H28O10S. The van der Waals surface area contributed by atoms with Crippen molar-refractivity contribution in [3.8, 4) is 0 Å². The van der Waals surface area contributed by atoms with Crippen LogP contribution in [0.1, 0.15) is 5.56 Å². The quantitative estimate of drug-likeness (QED) is 0.250. The Morgan fingerprint density at radius 3 is 2.03 bits per heavy atom. The van der Waals surface area contributed by atoms with Crippen LogP contribution >= 0.6 is 11.8 Å². The van der Waals surface area contributed by atoms with E-state index >= 15 is 0 Å². The largest absolute Gasteiger partial charge is 0.394 e. The summed E-state index contributed by atoms with van der Waals surface area (Å²) in [6.45, 7) is 0.736. The van der Waals surface area contributed by atoms with E-state index in [9.17, 15) is 35.7 Å². The van der Waals surface area contributed by atoms with E-state index in [-0.39, 0.29) is 0 Å². The molecule has 2 fully saturated rings. The summed E-state index contributed by atoms with van der Waals surface area (Å²) in [4.78, 5) is 0.793. The molecule has 2 saturated heterocycles. The fourth-order valence-electron chi connectivity index (χ4n) is 3.40. The highest BCUT2D eigenvalue weighted by atomic mass is 32.2. The molecule has 0 aromatic heterocycles. The van der Waals surface area contributed by atoms with Gasteiger partial charge in [0.2, 0.25) is 0 Å². The molecule has 1 aromatic carbocycles. The molecule has 0 radical (unpaired) electrons. The van der Waals surface area contributed by atoms with E-state index in [2.05, 4.69) is 0 Å². The maximum absolute atomic E-state index is 10.6. The molecule has 3 rings (SSSR count). The second-order valence-electron chi connectivity index (χ2n) is 7.44. The van der Waals surface area contributed by atoms with Crippen molar-refractivity contribution >= 4 is 11.8 Å². The van der Waals surface area contributed by atoms with Crippen molar-refractivity contribution < 1.29 is 50.0 Å². The van der Waals surface area contributed by atoms with Gasteiger partial charge in [-0.2, -0.15) is 0 Å². The number of benzene rings is 1. The van der Waals surface area contributed by atoms with Crippen molar-refractivity contribution in [1.29, 1.82) is 0 Å². The SMILES string of the molecule is Cc1ccc(S[C@@H]2O[C@H](CO)[C@@H](O[C@H]3O[C@H](CO)[C@@H](O)[C@H](O)[C@H]3O)[C@H](O)[C@H]2O)cc1. The van der Waals surface area contributed by atoms with Crippen molar-refractivity contribution in [1.82, 2.24) is 0 Å². The van der Waals surface area contributed by atoms with Crippen LogP contribution in [0, 0.1) is 6.92 Å². The molecule has 10 nitrogen and oxygen atoms in total. The van der Waals surface area contributed by atoms with Gasteiger partial charge < -0.3 is 50.0 Å². The monoisotopic (exact) mass is 448 g/mol. The third kappa shape index (κ3) is 4.97. The third-order valence-corrected chi connectivity index (χ3v) is 6.40. The van der Waals surface area contributed by atoms with E-state index in [1.165, 1.54) is 11.8 Å². The summed E-state index contributed by atoms with van der Waals surface area (Å²) in [6, 6.07) is 7.46. The van der Waals surface area contributed by atoms with Crippen LogP contribution in [-0.4, -0.2) is 110 Å². The van der Waals surface area contributed by atoms with Gasteiger partial charge >= 0.3 is 0 Å². The summed E-state index contributed by atoms with van der Waals surface area (Å²) in [7, 11) is 0. The Labute approximate surface area is 177 Å². The second kappa shape index (κ2) is 10.2. The lowest BCUT2D eigenvalue weighted by Gasteiger charge is -2.46. The van der Waals surface area contributed by atoms with Crippen LogP contribution in [-0.2, 0) is 14.2 Å². The molecule has 0 amide bonds. The highest BCUT2D eigenvalue weighted by Gasteiger charge is 2.50. The van der Waals surface area contributed by atoms with Gasteiger partial charge in [-0.25, -0.2) is 0 Å². The number of rotatable bonds is 6. The van der Waals surface area contributed by atoms with Crippen molar-refractivity contribution in [3.63, 3.8) is 0 Å². The molecule has 0 unspecified atom stereocenters. The zero-order valence-corrected chi connectivity index (χ0v) is 17.1. The first-order chi connectivity index (χ1) is 14.3. The van der Waals surface area contributed by atoms with E-state index in [1.807, 2.05) is 31.2 Å². The molecule has 0 spiro atoms. The van der Waals surface area contributed by atoms with Gasteiger partial charge in [-0.1, -0.05) is 29.5 Å². The fourth-order valence-corrected chi connectivity index (χ4v) is 4.46. The fraction of sp³-hybridized carbons (Fsp3) is 0.684. The molecule has 0 aliphatic carbocycles. The number of hydrogen-bond acceptors (Lipinski definition) is 11. The summed E-state index contributed by atoms with van der Waals surface area (Å²) in [5.74, 6) is 0. The second-order valence-corrected chi connectivity index (χ2v) is 8.61. The van der Waals surface area contributed by atoms with Gasteiger partial charge in [0.15, 0.2) is 6.29 Å². The van der Waals surface area contributed by atoms with Gasteiger partial charge in [-0.3, -0.25) is 0 Å². The Hall–Kier alpha value is -0.830. The Morgan fingerprint density at radius 2 is 1.43 bits per heavy atom. The topological polar surface area (TPSA) is 169 Å². The number of hydrogen-bond donors (Lipinski definition) is 7. The Bertz CT molecular complexity index is 672. The van der Waals surface area contributed by atoms with Crippen LogP contribution in [0.3, 0.4) is 0 Å². The maximum Gasteiger partial charge on any atom is 0.187 e. The number of aryl methyl sites for hydroxylation is 1. The Balaban J connectivity index is 1.71. The molecule has 0 saturated carbocycles. The lowest BCUT2D eigenvalue weighted by Crippen LogP contribution is -2.64. The average Bonchev–Trinajstić information content (AvgIpc) is 2.74. The minimum absolute atomic E-state index is 0.559. The molecule has 2 aliphatic rings. The summed E-state index contributed by atoms with van der Waals surface area (Å²) < 4.78 is 16.5. The van der Waals surface area contributed by atoms with E-state index in [0.29, 0.717) is 0 Å². The number of aliphatic hydroxyl groups is 7. The number of thioether (sulfide) groups is 1. The molecule has 1 aromatic rings. The third-order valence-electron chi connectivity index (χ3n) is 5.23. The first-order valence-corrected chi connectivity index (χ1v) is 10.5. The van der Waals surface area contributed by atoms with Crippen molar-refractivity contribution in [2.45, 2.75) is 72.4 Å². The molecule has 170 valence electrons. The van der Waals surface area contributed by atoms with Gasteiger partial charge in [-0.15, -0.1) is 0 Å². The summed E-state index contributed by atoms with van der Waals surface area (Å²) >= 11 is 1.17. The zero-order valence-electron chi connectivity index (χ0n) is 16.3. The molecule has 7 N–H and O–H groups in total. The van der Waals surface area contributed by atoms with Crippen LogP contribution in [0.15, 0.2) is 29.2 Å². The molecule has 2 aliphatic heterocycles. The first kappa shape index (κ1) is 23.8.